The summed E-state index contributed by atoms with van der Waals surface area (Å²) >= 11 is 0. The van der Waals surface area contributed by atoms with E-state index >= 15 is 0 Å². The van der Waals surface area contributed by atoms with Gasteiger partial charge in [0, 0.05) is 24.3 Å². The molecule has 226 valence electrons. The number of nitriles is 1. The number of rotatable bonds is 2. The molecule has 1 amide bonds. The number of halogens is 3. The van der Waals surface area contributed by atoms with Crippen molar-refractivity contribution >= 4 is 17.5 Å². The first-order valence-corrected chi connectivity index (χ1v) is 15.2. The fraction of sp³-hybridized carbons (Fsp3) is 0.818. The number of Topliss-reactive ketones (excluding diaryl/α,β-unsaturated/α-hetero) is 2. The Labute approximate surface area is 242 Å². The van der Waals surface area contributed by atoms with Gasteiger partial charge in [-0.25, -0.2) is 0 Å². The molecule has 0 aromatic heterocycles. The summed E-state index contributed by atoms with van der Waals surface area (Å²) in [5.74, 6) is -2.34. The lowest BCUT2D eigenvalue weighted by Crippen LogP contribution is -2.69. The van der Waals surface area contributed by atoms with Crippen molar-refractivity contribution in [3.05, 3.63) is 11.6 Å². The molecule has 0 aliphatic heterocycles. The minimum atomic E-state index is -4.94. The summed E-state index contributed by atoms with van der Waals surface area (Å²) in [6, 6.07) is 2.15. The van der Waals surface area contributed by atoms with E-state index in [0.29, 0.717) is 25.7 Å². The molecule has 4 fully saturated rings. The fourth-order valence-corrected chi connectivity index (χ4v) is 11.1. The highest BCUT2D eigenvalue weighted by atomic mass is 19.4. The van der Waals surface area contributed by atoms with E-state index in [1.165, 1.54) is 0 Å². The molecule has 8 atom stereocenters. The van der Waals surface area contributed by atoms with Crippen LogP contribution in [0, 0.1) is 67.5 Å². The molecule has 0 saturated heterocycles. The predicted molar refractivity (Wildman–Crippen MR) is 148 cm³/mol. The number of alkyl halides is 3. The van der Waals surface area contributed by atoms with Gasteiger partial charge in [-0.05, 0) is 89.8 Å². The number of ketones is 2. The number of carbonyl (C=O) groups is 3. The molecule has 0 radical (unpaired) electrons. The van der Waals surface area contributed by atoms with Gasteiger partial charge in [0.2, 0.25) is 0 Å². The van der Waals surface area contributed by atoms with Gasteiger partial charge in [0.1, 0.15) is 11.9 Å². The summed E-state index contributed by atoms with van der Waals surface area (Å²) in [6.07, 6.45) is 2.59. The van der Waals surface area contributed by atoms with E-state index in [1.54, 1.807) is 0 Å². The monoisotopic (exact) mass is 574 g/mol. The Morgan fingerprint density at radius 3 is 2.22 bits per heavy atom. The normalized spacial score (nSPS) is 44.8. The summed E-state index contributed by atoms with van der Waals surface area (Å²) < 4.78 is 39.5. The first-order chi connectivity index (χ1) is 18.7. The van der Waals surface area contributed by atoms with Gasteiger partial charge in [0.05, 0.1) is 5.57 Å². The highest BCUT2D eigenvalue weighted by Crippen LogP contribution is 2.75. The van der Waals surface area contributed by atoms with Crippen molar-refractivity contribution < 1.29 is 27.6 Å². The number of hydrogen-bond acceptors (Lipinski definition) is 4. The number of amides is 1. The number of nitrogens with zero attached hydrogens (tertiary/aromatic N) is 1. The Morgan fingerprint density at radius 2 is 1.61 bits per heavy atom. The number of nitrogens with one attached hydrogen (secondary N) is 1. The second-order valence-corrected chi connectivity index (χ2v) is 16.2. The summed E-state index contributed by atoms with van der Waals surface area (Å²) in [5, 5.41) is 12.1. The van der Waals surface area contributed by atoms with Gasteiger partial charge in [0.15, 0.2) is 5.78 Å². The van der Waals surface area contributed by atoms with E-state index in [4.69, 9.17) is 0 Å². The average Bonchev–Trinajstić information content (AvgIpc) is 2.86. The van der Waals surface area contributed by atoms with Crippen LogP contribution in [0.2, 0.25) is 0 Å². The van der Waals surface area contributed by atoms with Crippen LogP contribution in [0.4, 0.5) is 13.2 Å². The Morgan fingerprint density at radius 1 is 0.976 bits per heavy atom. The van der Waals surface area contributed by atoms with Crippen LogP contribution in [0.3, 0.4) is 0 Å². The molecule has 5 aliphatic rings. The first kappa shape index (κ1) is 30.3. The van der Waals surface area contributed by atoms with Crippen molar-refractivity contribution in [1.82, 2.24) is 5.32 Å². The Hall–Kier alpha value is -2.17. The maximum absolute atomic E-state index is 14.5. The zero-order valence-corrected chi connectivity index (χ0v) is 25.6. The molecule has 0 heterocycles. The molecular weight excluding hydrogens is 529 g/mol. The van der Waals surface area contributed by atoms with Gasteiger partial charge >= 0.3 is 12.1 Å². The van der Waals surface area contributed by atoms with Gasteiger partial charge in [-0.1, -0.05) is 54.5 Å². The molecule has 2 unspecified atom stereocenters. The standard InChI is InChI=1S/C33H45F3N2O3/c1-27(2)10-12-32(18-38-26(41)33(34,35)36)13-11-31(7)24(20(32)16-27)21(39)14-23-29(5)15-19(17-37)25(40)28(3,4)22(29)8-9-30(23,31)6/h15,20,22-24H,8-14,16,18H2,1-7H3,(H,38,41)/t20-,22?,23?,24+,29+,30-,31-,32-/m1/s1. The molecule has 0 aromatic carbocycles. The molecular formula is C33H45F3N2O3. The second-order valence-electron chi connectivity index (χ2n) is 16.2. The molecule has 5 aliphatic carbocycles. The van der Waals surface area contributed by atoms with Gasteiger partial charge < -0.3 is 5.32 Å². The molecule has 0 aromatic rings. The third kappa shape index (κ3) is 4.10. The van der Waals surface area contributed by atoms with Crippen molar-refractivity contribution in [3.63, 3.8) is 0 Å². The number of hydrogen-bond donors (Lipinski definition) is 1. The van der Waals surface area contributed by atoms with Crippen LogP contribution in [0.25, 0.3) is 0 Å². The Bertz CT molecular complexity index is 1260. The summed E-state index contributed by atoms with van der Waals surface area (Å²) in [5.41, 5.74) is -2.26. The van der Waals surface area contributed by atoms with Crippen LogP contribution < -0.4 is 5.32 Å². The third-order valence-electron chi connectivity index (χ3n) is 13.5. The van der Waals surface area contributed by atoms with E-state index in [0.717, 1.165) is 25.7 Å². The van der Waals surface area contributed by atoms with Gasteiger partial charge in [-0.15, -0.1) is 0 Å². The largest absolute Gasteiger partial charge is 0.471 e. The van der Waals surface area contributed by atoms with Crippen LogP contribution in [0.15, 0.2) is 11.6 Å². The number of allylic oxidation sites excluding steroid dienone is 2. The van der Waals surface area contributed by atoms with Crippen molar-refractivity contribution in [2.45, 2.75) is 106 Å². The molecule has 41 heavy (non-hydrogen) atoms. The lowest BCUT2D eigenvalue weighted by Gasteiger charge is -2.72. The number of fused-ring (bicyclic) bond motifs is 7. The summed E-state index contributed by atoms with van der Waals surface area (Å²) in [4.78, 5) is 39.6. The van der Waals surface area contributed by atoms with Crippen molar-refractivity contribution in [1.29, 1.82) is 5.26 Å². The van der Waals surface area contributed by atoms with Gasteiger partial charge in [-0.3, -0.25) is 14.4 Å². The number of carbonyl (C=O) groups excluding carboxylic acids is 3. The molecule has 1 N–H and O–H groups in total. The first-order valence-electron chi connectivity index (χ1n) is 15.2. The van der Waals surface area contributed by atoms with E-state index < -0.39 is 28.3 Å². The minimum absolute atomic E-state index is 0.0134. The fourth-order valence-electron chi connectivity index (χ4n) is 11.1. The SMILES string of the molecule is CC1(C)CC[C@]2(CNC(=O)C(F)(F)F)CC[C@]3(C)[C@H](C(=O)CC4[C@@]5(C)C=C(C#N)C(=O)C(C)(C)C5CC[C@]43C)[C@H]2C1. The zero-order valence-electron chi connectivity index (χ0n) is 25.6. The van der Waals surface area contributed by atoms with Crippen LogP contribution in [0.1, 0.15) is 99.8 Å². The maximum Gasteiger partial charge on any atom is 0.471 e. The van der Waals surface area contributed by atoms with E-state index in [9.17, 15) is 32.8 Å². The average molecular weight is 575 g/mol. The lowest BCUT2D eigenvalue weighted by atomic mass is 9.31. The lowest BCUT2D eigenvalue weighted by molar-refractivity contribution is -0.222. The molecule has 0 bridgehead atoms. The van der Waals surface area contributed by atoms with Gasteiger partial charge in [0.25, 0.3) is 0 Å². The van der Waals surface area contributed by atoms with Crippen molar-refractivity contribution in [2.75, 3.05) is 6.54 Å². The van der Waals surface area contributed by atoms with E-state index in [2.05, 4.69) is 46.0 Å². The zero-order chi connectivity index (χ0) is 30.6. The smallest absolute Gasteiger partial charge is 0.348 e. The Balaban J connectivity index is 1.57. The highest BCUT2D eigenvalue weighted by Gasteiger charge is 2.72. The predicted octanol–water partition coefficient (Wildman–Crippen LogP) is 6.96. The summed E-state index contributed by atoms with van der Waals surface area (Å²) in [7, 11) is 0. The topological polar surface area (TPSA) is 87.0 Å². The quantitative estimate of drug-likeness (QED) is 0.386. The van der Waals surface area contributed by atoms with Crippen LogP contribution in [-0.2, 0) is 14.4 Å². The summed E-state index contributed by atoms with van der Waals surface area (Å²) in [6.45, 7) is 14.9. The molecule has 8 heteroatoms. The third-order valence-corrected chi connectivity index (χ3v) is 13.5. The van der Waals surface area contributed by atoms with Gasteiger partial charge in [-0.2, -0.15) is 18.4 Å². The molecule has 5 nitrogen and oxygen atoms in total. The van der Waals surface area contributed by atoms with E-state index in [-0.39, 0.29) is 63.6 Å². The van der Waals surface area contributed by atoms with Crippen LogP contribution >= 0.6 is 0 Å². The van der Waals surface area contributed by atoms with Crippen LogP contribution in [0.5, 0.6) is 0 Å². The molecule has 5 rings (SSSR count). The highest BCUT2D eigenvalue weighted by molar-refractivity contribution is 6.04. The maximum atomic E-state index is 14.5. The van der Waals surface area contributed by atoms with Crippen LogP contribution in [-0.4, -0.2) is 30.2 Å². The molecule has 0 spiro atoms. The van der Waals surface area contributed by atoms with E-state index in [1.807, 2.05) is 19.9 Å². The van der Waals surface area contributed by atoms with Crippen molar-refractivity contribution in [3.8, 4) is 6.07 Å². The van der Waals surface area contributed by atoms with Crippen molar-refractivity contribution in [2.24, 2.45) is 56.2 Å². The second kappa shape index (κ2) is 8.92. The minimum Gasteiger partial charge on any atom is -0.348 e. The Kier molecular flexibility index (Phi) is 6.59. The molecule has 4 saturated carbocycles.